The molecule has 0 aliphatic carbocycles. The van der Waals surface area contributed by atoms with E-state index in [0.29, 0.717) is 17.9 Å². The molecule has 1 heterocycles. The molecule has 4 heteroatoms. The van der Waals surface area contributed by atoms with Gasteiger partial charge in [-0.25, -0.2) is 4.98 Å². The van der Waals surface area contributed by atoms with Crippen LogP contribution in [-0.4, -0.2) is 18.1 Å². The van der Waals surface area contributed by atoms with Crippen LogP contribution in [0.3, 0.4) is 0 Å². The van der Waals surface area contributed by atoms with E-state index in [1.54, 1.807) is 0 Å². The summed E-state index contributed by atoms with van der Waals surface area (Å²) in [5.41, 5.74) is 5.82. The minimum atomic E-state index is 0.330. The van der Waals surface area contributed by atoms with E-state index in [1.807, 2.05) is 17.5 Å². The first-order valence-electron chi connectivity index (χ1n) is 6.94. The maximum Gasteiger partial charge on any atom is 0.109 e. The van der Waals surface area contributed by atoms with Crippen LogP contribution in [0.4, 0.5) is 0 Å². The van der Waals surface area contributed by atoms with Gasteiger partial charge in [-0.2, -0.15) is 0 Å². The van der Waals surface area contributed by atoms with Crippen LogP contribution in [0.1, 0.15) is 50.0 Å². The normalized spacial score (nSPS) is 15.0. The number of nitrogens with one attached hydrogen (secondary N) is 1. The third kappa shape index (κ3) is 5.04. The van der Waals surface area contributed by atoms with Gasteiger partial charge in [0.1, 0.15) is 5.01 Å². The standard InChI is InChI=1S/C14H27N3S/c1-5-13-9-17-14(18-13)11(4)16-8-12(7-15)6-10(2)3/h9-12,16H,5-8,15H2,1-4H3. The molecule has 104 valence electrons. The second-order valence-electron chi connectivity index (χ2n) is 5.38. The van der Waals surface area contributed by atoms with Gasteiger partial charge in [-0.1, -0.05) is 20.8 Å². The van der Waals surface area contributed by atoms with Crippen LogP contribution in [0.5, 0.6) is 0 Å². The van der Waals surface area contributed by atoms with Gasteiger partial charge in [0, 0.05) is 11.1 Å². The summed E-state index contributed by atoms with van der Waals surface area (Å²) in [6, 6.07) is 0.330. The topological polar surface area (TPSA) is 50.9 Å². The van der Waals surface area contributed by atoms with Gasteiger partial charge in [-0.15, -0.1) is 11.3 Å². The lowest BCUT2D eigenvalue weighted by molar-refractivity contribution is 0.378. The fourth-order valence-corrected chi connectivity index (χ4v) is 2.93. The molecular formula is C14H27N3S. The van der Waals surface area contributed by atoms with E-state index in [-0.39, 0.29) is 0 Å². The van der Waals surface area contributed by atoms with Gasteiger partial charge >= 0.3 is 0 Å². The fourth-order valence-electron chi connectivity index (χ4n) is 2.05. The number of aryl methyl sites for hydroxylation is 1. The van der Waals surface area contributed by atoms with Gasteiger partial charge < -0.3 is 11.1 Å². The smallest absolute Gasteiger partial charge is 0.109 e. The quantitative estimate of drug-likeness (QED) is 0.763. The maximum atomic E-state index is 5.82. The molecular weight excluding hydrogens is 242 g/mol. The highest BCUT2D eigenvalue weighted by Gasteiger charge is 2.13. The lowest BCUT2D eigenvalue weighted by Crippen LogP contribution is -2.31. The van der Waals surface area contributed by atoms with Gasteiger partial charge in [0.15, 0.2) is 0 Å². The van der Waals surface area contributed by atoms with Crippen LogP contribution < -0.4 is 11.1 Å². The van der Waals surface area contributed by atoms with E-state index in [1.165, 1.54) is 16.3 Å². The van der Waals surface area contributed by atoms with Crippen LogP contribution >= 0.6 is 11.3 Å². The molecule has 0 aromatic carbocycles. The Bertz CT molecular complexity index is 336. The van der Waals surface area contributed by atoms with E-state index < -0.39 is 0 Å². The zero-order chi connectivity index (χ0) is 13.5. The van der Waals surface area contributed by atoms with Crippen molar-refractivity contribution in [2.24, 2.45) is 17.6 Å². The van der Waals surface area contributed by atoms with Gasteiger partial charge in [0.2, 0.25) is 0 Å². The third-order valence-corrected chi connectivity index (χ3v) is 4.47. The van der Waals surface area contributed by atoms with Crippen molar-refractivity contribution >= 4 is 11.3 Å². The molecule has 0 amide bonds. The summed E-state index contributed by atoms with van der Waals surface area (Å²) in [5, 5.41) is 4.75. The van der Waals surface area contributed by atoms with Gasteiger partial charge in [-0.05, 0) is 44.7 Å². The summed E-state index contributed by atoms with van der Waals surface area (Å²) in [6.07, 6.45) is 4.25. The molecule has 0 fully saturated rings. The van der Waals surface area contributed by atoms with E-state index in [2.05, 4.69) is 38.0 Å². The molecule has 0 aliphatic heterocycles. The van der Waals surface area contributed by atoms with E-state index in [4.69, 9.17) is 5.73 Å². The van der Waals surface area contributed by atoms with Crippen molar-refractivity contribution in [3.8, 4) is 0 Å². The molecule has 18 heavy (non-hydrogen) atoms. The summed E-state index contributed by atoms with van der Waals surface area (Å²) in [5.74, 6) is 1.28. The summed E-state index contributed by atoms with van der Waals surface area (Å²) in [4.78, 5) is 5.83. The predicted octanol–water partition coefficient (Wildman–Crippen LogP) is 2.98. The van der Waals surface area contributed by atoms with Gasteiger partial charge in [0.05, 0.1) is 6.04 Å². The first kappa shape index (κ1) is 15.6. The second kappa shape index (κ2) is 7.87. The van der Waals surface area contributed by atoms with Crippen LogP contribution in [0, 0.1) is 11.8 Å². The summed E-state index contributed by atoms with van der Waals surface area (Å²) in [6.45, 7) is 10.6. The van der Waals surface area contributed by atoms with Gasteiger partial charge in [0.25, 0.3) is 0 Å². The van der Waals surface area contributed by atoms with Gasteiger partial charge in [-0.3, -0.25) is 0 Å². The molecule has 1 aromatic rings. The lowest BCUT2D eigenvalue weighted by atomic mass is 9.97. The second-order valence-corrected chi connectivity index (χ2v) is 6.53. The third-order valence-electron chi connectivity index (χ3n) is 3.14. The Hall–Kier alpha value is -0.450. The van der Waals surface area contributed by atoms with Crippen molar-refractivity contribution in [3.63, 3.8) is 0 Å². The minimum Gasteiger partial charge on any atom is -0.330 e. The Balaban J connectivity index is 2.41. The molecule has 3 N–H and O–H groups in total. The minimum absolute atomic E-state index is 0.330. The Morgan fingerprint density at radius 1 is 1.39 bits per heavy atom. The Kier molecular flexibility index (Phi) is 6.82. The Morgan fingerprint density at radius 3 is 2.61 bits per heavy atom. The molecule has 2 unspecified atom stereocenters. The molecule has 0 spiro atoms. The number of hydrogen-bond acceptors (Lipinski definition) is 4. The highest BCUT2D eigenvalue weighted by atomic mass is 32.1. The molecule has 2 atom stereocenters. The van der Waals surface area contributed by atoms with E-state index in [0.717, 1.165) is 19.5 Å². The zero-order valence-corrected chi connectivity index (χ0v) is 12.9. The molecule has 0 radical (unpaired) electrons. The highest BCUT2D eigenvalue weighted by molar-refractivity contribution is 7.11. The molecule has 0 saturated heterocycles. The lowest BCUT2D eigenvalue weighted by Gasteiger charge is -2.20. The first-order valence-corrected chi connectivity index (χ1v) is 7.76. The first-order chi connectivity index (χ1) is 8.56. The van der Waals surface area contributed by atoms with E-state index in [9.17, 15) is 0 Å². The largest absolute Gasteiger partial charge is 0.330 e. The fraction of sp³-hybridized carbons (Fsp3) is 0.786. The maximum absolute atomic E-state index is 5.82. The Labute approximate surface area is 115 Å². The molecule has 0 aliphatic rings. The van der Waals surface area contributed by atoms with Crippen LogP contribution in [0.15, 0.2) is 6.20 Å². The summed E-state index contributed by atoms with van der Waals surface area (Å²) >= 11 is 1.81. The molecule has 0 bridgehead atoms. The molecule has 0 saturated carbocycles. The van der Waals surface area contributed by atoms with E-state index >= 15 is 0 Å². The van der Waals surface area contributed by atoms with Crippen molar-refractivity contribution in [1.82, 2.24) is 10.3 Å². The van der Waals surface area contributed by atoms with Crippen molar-refractivity contribution in [1.29, 1.82) is 0 Å². The van der Waals surface area contributed by atoms with Crippen molar-refractivity contribution in [2.45, 2.75) is 46.6 Å². The van der Waals surface area contributed by atoms with Crippen molar-refractivity contribution in [2.75, 3.05) is 13.1 Å². The molecule has 3 nitrogen and oxygen atoms in total. The summed E-state index contributed by atoms with van der Waals surface area (Å²) < 4.78 is 0. The molecule has 1 aromatic heterocycles. The number of thiazole rings is 1. The Morgan fingerprint density at radius 2 is 2.11 bits per heavy atom. The monoisotopic (exact) mass is 269 g/mol. The average molecular weight is 269 g/mol. The molecule has 1 rings (SSSR count). The highest BCUT2D eigenvalue weighted by Crippen LogP contribution is 2.20. The summed E-state index contributed by atoms with van der Waals surface area (Å²) in [7, 11) is 0. The number of nitrogens with two attached hydrogens (primary N) is 1. The number of nitrogens with zero attached hydrogens (tertiary/aromatic N) is 1. The van der Waals surface area contributed by atoms with Crippen molar-refractivity contribution in [3.05, 3.63) is 16.1 Å². The van der Waals surface area contributed by atoms with Crippen LogP contribution in [-0.2, 0) is 6.42 Å². The number of aromatic nitrogens is 1. The SMILES string of the molecule is CCc1cnc(C(C)NCC(CN)CC(C)C)s1. The zero-order valence-electron chi connectivity index (χ0n) is 12.1. The average Bonchev–Trinajstić information content (AvgIpc) is 2.82. The predicted molar refractivity (Wildman–Crippen MR) is 79.9 cm³/mol. The number of hydrogen-bond donors (Lipinski definition) is 2. The van der Waals surface area contributed by atoms with Crippen LogP contribution in [0.2, 0.25) is 0 Å². The number of rotatable bonds is 8. The van der Waals surface area contributed by atoms with Crippen LogP contribution in [0.25, 0.3) is 0 Å². The van der Waals surface area contributed by atoms with Crippen molar-refractivity contribution < 1.29 is 0 Å².